The lowest BCUT2D eigenvalue weighted by Gasteiger charge is -2.44. The van der Waals surface area contributed by atoms with Gasteiger partial charge in [-0.1, -0.05) is 12.1 Å². The van der Waals surface area contributed by atoms with Crippen LogP contribution in [0.15, 0.2) is 36.4 Å². The molecule has 2 bridgehead atoms. The highest BCUT2D eigenvalue weighted by atomic mass is 16.5. The van der Waals surface area contributed by atoms with Crippen LogP contribution in [0, 0.1) is 6.92 Å². The lowest BCUT2D eigenvalue weighted by molar-refractivity contribution is -0.0595. The molecule has 5 nitrogen and oxygen atoms in total. The van der Waals surface area contributed by atoms with E-state index in [1.165, 1.54) is 11.1 Å². The average Bonchev–Trinajstić information content (AvgIpc) is 2.98. The Balaban J connectivity index is 1.54. The number of rotatable bonds is 6. The Hall–Kier alpha value is -2.24. The summed E-state index contributed by atoms with van der Waals surface area (Å²) in [6, 6.07) is 12.8. The van der Waals surface area contributed by atoms with Gasteiger partial charge in [0.05, 0.1) is 26.9 Å². The Morgan fingerprint density at radius 3 is 2.07 bits per heavy atom. The van der Waals surface area contributed by atoms with E-state index in [2.05, 4.69) is 17.9 Å². The number of methoxy groups -OCH3 is 3. The van der Waals surface area contributed by atoms with Crippen LogP contribution >= 0.6 is 0 Å². The first-order chi connectivity index (χ1) is 14.0. The van der Waals surface area contributed by atoms with Gasteiger partial charge in [0.25, 0.3) is 0 Å². The third-order valence-electron chi connectivity index (χ3n) is 6.74. The molecule has 2 atom stereocenters. The van der Waals surface area contributed by atoms with Crippen molar-refractivity contribution in [3.8, 4) is 17.2 Å². The molecule has 2 aromatic rings. The molecule has 0 unspecified atom stereocenters. The summed E-state index contributed by atoms with van der Waals surface area (Å²) < 4.78 is 16.2. The number of hydrogen-bond acceptors (Lipinski definition) is 5. The highest BCUT2D eigenvalue weighted by Crippen LogP contribution is 2.47. The monoisotopic (exact) mass is 397 g/mol. The predicted molar refractivity (Wildman–Crippen MR) is 113 cm³/mol. The van der Waals surface area contributed by atoms with Crippen molar-refractivity contribution in [2.75, 3.05) is 21.3 Å². The maximum atomic E-state index is 11.5. The fourth-order valence-corrected chi connectivity index (χ4v) is 5.10. The molecule has 2 aliphatic rings. The van der Waals surface area contributed by atoms with Crippen LogP contribution in [-0.4, -0.2) is 43.4 Å². The summed E-state index contributed by atoms with van der Waals surface area (Å²) in [5.41, 5.74) is 2.70. The molecule has 2 aromatic carbocycles. The summed E-state index contributed by atoms with van der Waals surface area (Å²) in [4.78, 5) is 2.58. The fourth-order valence-electron chi connectivity index (χ4n) is 5.10. The molecule has 4 rings (SSSR count). The van der Waals surface area contributed by atoms with E-state index in [1.54, 1.807) is 21.3 Å². The van der Waals surface area contributed by atoms with Crippen molar-refractivity contribution in [3.63, 3.8) is 0 Å². The van der Waals surface area contributed by atoms with Crippen LogP contribution in [-0.2, 0) is 12.1 Å². The number of benzene rings is 2. The minimum atomic E-state index is -0.763. The predicted octanol–water partition coefficient (Wildman–Crippen LogP) is 4.04. The number of hydrogen-bond donors (Lipinski definition) is 1. The second kappa shape index (κ2) is 7.88. The van der Waals surface area contributed by atoms with Crippen molar-refractivity contribution in [3.05, 3.63) is 53.1 Å². The van der Waals surface area contributed by atoms with Gasteiger partial charge in [-0.05, 0) is 73.6 Å². The van der Waals surface area contributed by atoms with E-state index in [9.17, 15) is 5.11 Å². The maximum Gasteiger partial charge on any atom is 0.161 e. The van der Waals surface area contributed by atoms with Gasteiger partial charge in [0, 0.05) is 18.6 Å². The molecule has 5 heteroatoms. The number of fused-ring (bicyclic) bond motifs is 2. The van der Waals surface area contributed by atoms with Crippen molar-refractivity contribution >= 4 is 0 Å². The molecule has 0 aliphatic carbocycles. The lowest BCUT2D eigenvalue weighted by atomic mass is 9.80. The minimum absolute atomic E-state index is 0.383. The van der Waals surface area contributed by atoms with E-state index in [0.29, 0.717) is 12.1 Å². The maximum absolute atomic E-state index is 11.5. The zero-order valence-corrected chi connectivity index (χ0v) is 17.8. The largest absolute Gasteiger partial charge is 0.497 e. The van der Waals surface area contributed by atoms with Gasteiger partial charge in [0.2, 0.25) is 0 Å². The van der Waals surface area contributed by atoms with Crippen LogP contribution in [0.25, 0.3) is 0 Å². The van der Waals surface area contributed by atoms with Crippen molar-refractivity contribution in [1.29, 1.82) is 0 Å². The molecule has 1 N–H and O–H groups in total. The lowest BCUT2D eigenvalue weighted by Crippen LogP contribution is -2.49. The zero-order valence-electron chi connectivity index (χ0n) is 17.8. The zero-order chi connectivity index (χ0) is 20.6. The van der Waals surface area contributed by atoms with E-state index in [1.807, 2.05) is 30.3 Å². The average molecular weight is 398 g/mol. The fraction of sp³-hybridized carbons (Fsp3) is 0.500. The van der Waals surface area contributed by atoms with Crippen molar-refractivity contribution in [2.45, 2.75) is 56.8 Å². The van der Waals surface area contributed by atoms with E-state index in [0.717, 1.165) is 55.0 Å². The standard InChI is InChI=1S/C24H31NO4/c1-16-11-22(28-3)23(29-4)12-17(16)15-25-19-7-8-20(25)14-24(26,13-19)18-5-9-21(27-2)10-6-18/h5-6,9-12,19-20,26H,7-8,13-15H2,1-4H3/t19-,20-/m0/s1. The molecular weight excluding hydrogens is 366 g/mol. The van der Waals surface area contributed by atoms with Crippen LogP contribution < -0.4 is 14.2 Å². The number of aryl methyl sites for hydroxylation is 1. The molecular formula is C24H31NO4. The van der Waals surface area contributed by atoms with Gasteiger partial charge in [0.1, 0.15) is 5.75 Å². The van der Waals surface area contributed by atoms with Crippen LogP contribution in [0.5, 0.6) is 17.2 Å². The van der Waals surface area contributed by atoms with Gasteiger partial charge < -0.3 is 19.3 Å². The Bertz CT molecular complexity index is 850. The van der Waals surface area contributed by atoms with Gasteiger partial charge >= 0.3 is 0 Å². The normalized spacial score (nSPS) is 26.4. The van der Waals surface area contributed by atoms with E-state index < -0.39 is 5.60 Å². The second-order valence-electron chi connectivity index (χ2n) is 8.36. The van der Waals surface area contributed by atoms with Crippen LogP contribution in [0.1, 0.15) is 42.4 Å². The third kappa shape index (κ3) is 3.69. The topological polar surface area (TPSA) is 51.2 Å². The third-order valence-corrected chi connectivity index (χ3v) is 6.74. The first kappa shape index (κ1) is 20.0. The molecule has 2 fully saturated rings. The molecule has 0 spiro atoms. The molecule has 0 saturated carbocycles. The number of piperidine rings is 1. The summed E-state index contributed by atoms with van der Waals surface area (Å²) in [5.74, 6) is 2.36. The van der Waals surface area contributed by atoms with E-state index in [-0.39, 0.29) is 0 Å². The minimum Gasteiger partial charge on any atom is -0.497 e. The number of aliphatic hydroxyl groups is 1. The summed E-state index contributed by atoms with van der Waals surface area (Å²) in [5, 5.41) is 11.5. The molecule has 0 radical (unpaired) electrons. The van der Waals surface area contributed by atoms with Gasteiger partial charge in [0.15, 0.2) is 11.5 Å². The number of ether oxygens (including phenoxy) is 3. The van der Waals surface area contributed by atoms with Crippen molar-refractivity contribution < 1.29 is 19.3 Å². The highest BCUT2D eigenvalue weighted by Gasteiger charge is 2.48. The van der Waals surface area contributed by atoms with Crippen molar-refractivity contribution in [1.82, 2.24) is 4.90 Å². The van der Waals surface area contributed by atoms with E-state index in [4.69, 9.17) is 14.2 Å². The van der Waals surface area contributed by atoms with Crippen LogP contribution in [0.4, 0.5) is 0 Å². The van der Waals surface area contributed by atoms with Crippen molar-refractivity contribution in [2.24, 2.45) is 0 Å². The molecule has 2 heterocycles. The Morgan fingerprint density at radius 1 is 0.931 bits per heavy atom. The molecule has 0 aromatic heterocycles. The van der Waals surface area contributed by atoms with Gasteiger partial charge in [-0.25, -0.2) is 0 Å². The summed E-state index contributed by atoms with van der Waals surface area (Å²) >= 11 is 0. The summed E-state index contributed by atoms with van der Waals surface area (Å²) in [6.45, 7) is 3.00. The summed E-state index contributed by atoms with van der Waals surface area (Å²) in [6.07, 6.45) is 3.80. The highest BCUT2D eigenvalue weighted by molar-refractivity contribution is 5.47. The van der Waals surface area contributed by atoms with Gasteiger partial charge in [-0.3, -0.25) is 4.90 Å². The Labute approximate surface area is 173 Å². The summed E-state index contributed by atoms with van der Waals surface area (Å²) in [7, 11) is 5.01. The second-order valence-corrected chi connectivity index (χ2v) is 8.36. The van der Waals surface area contributed by atoms with Gasteiger partial charge in [-0.2, -0.15) is 0 Å². The molecule has 156 valence electrons. The SMILES string of the molecule is COc1ccc(C2(O)C[C@@H]3CC[C@@H](C2)N3Cc2cc(OC)c(OC)cc2C)cc1. The Morgan fingerprint density at radius 2 is 1.52 bits per heavy atom. The smallest absolute Gasteiger partial charge is 0.161 e. The first-order valence-corrected chi connectivity index (χ1v) is 10.3. The quantitative estimate of drug-likeness (QED) is 0.797. The molecule has 29 heavy (non-hydrogen) atoms. The molecule has 0 amide bonds. The van der Waals surface area contributed by atoms with Gasteiger partial charge in [-0.15, -0.1) is 0 Å². The number of nitrogens with zero attached hydrogens (tertiary/aromatic N) is 1. The molecule has 2 saturated heterocycles. The molecule has 2 aliphatic heterocycles. The first-order valence-electron chi connectivity index (χ1n) is 10.3. The van der Waals surface area contributed by atoms with Crippen LogP contribution in [0.3, 0.4) is 0 Å². The van der Waals surface area contributed by atoms with Crippen LogP contribution in [0.2, 0.25) is 0 Å². The Kier molecular flexibility index (Phi) is 5.45. The van der Waals surface area contributed by atoms with E-state index >= 15 is 0 Å².